The van der Waals surface area contributed by atoms with E-state index < -0.39 is 0 Å². The minimum absolute atomic E-state index is 0.515. The first-order valence-corrected chi connectivity index (χ1v) is 9.39. The first-order chi connectivity index (χ1) is 10.3. The molecule has 0 fully saturated rings. The number of nitrogens with zero attached hydrogens (tertiary/aromatic N) is 1. The number of rotatable bonds is 7. The minimum Gasteiger partial charge on any atom is -0.278 e. The molecule has 0 aliphatic heterocycles. The molecular formula is C17H20N2S2. The SMILES string of the molecule is CSC(C/C(=N\Nc1ccccc1)c1ccccc1)SC. The highest BCUT2D eigenvalue weighted by Crippen LogP contribution is 2.24. The number of anilines is 1. The lowest BCUT2D eigenvalue weighted by Gasteiger charge is -2.14. The first kappa shape index (κ1) is 16.0. The standard InChI is InChI=1S/C17H20N2S2/c1-20-17(21-2)13-16(14-9-5-3-6-10-14)19-18-15-11-7-4-8-12-15/h3-12,17-18H,13H2,1-2H3/b19-16+. The second kappa shape index (κ2) is 8.80. The Morgan fingerprint density at radius 1 is 0.952 bits per heavy atom. The van der Waals surface area contributed by atoms with Gasteiger partial charge in [0.15, 0.2) is 0 Å². The molecule has 2 nitrogen and oxygen atoms in total. The van der Waals surface area contributed by atoms with Gasteiger partial charge in [0.05, 0.1) is 16.0 Å². The Morgan fingerprint density at radius 2 is 1.52 bits per heavy atom. The van der Waals surface area contributed by atoms with E-state index in [9.17, 15) is 0 Å². The molecule has 0 saturated carbocycles. The highest BCUT2D eigenvalue weighted by molar-refractivity contribution is 8.16. The number of hydrazone groups is 1. The first-order valence-electron chi connectivity index (χ1n) is 6.82. The van der Waals surface area contributed by atoms with Crippen molar-refractivity contribution in [2.24, 2.45) is 5.10 Å². The van der Waals surface area contributed by atoms with Crippen molar-refractivity contribution >= 4 is 34.9 Å². The van der Waals surface area contributed by atoms with E-state index in [1.54, 1.807) is 0 Å². The molecule has 0 bridgehead atoms. The maximum absolute atomic E-state index is 4.64. The number of hydrogen-bond donors (Lipinski definition) is 1. The Balaban J connectivity index is 2.19. The lowest BCUT2D eigenvalue weighted by atomic mass is 10.1. The molecular weight excluding hydrogens is 296 g/mol. The van der Waals surface area contributed by atoms with E-state index in [-0.39, 0.29) is 0 Å². The van der Waals surface area contributed by atoms with Crippen molar-refractivity contribution in [2.75, 3.05) is 17.9 Å². The van der Waals surface area contributed by atoms with Crippen molar-refractivity contribution in [1.29, 1.82) is 0 Å². The van der Waals surface area contributed by atoms with Crippen LogP contribution in [0.2, 0.25) is 0 Å². The van der Waals surface area contributed by atoms with Crippen LogP contribution < -0.4 is 5.43 Å². The maximum Gasteiger partial charge on any atom is 0.0698 e. The fourth-order valence-corrected chi connectivity index (χ4v) is 3.34. The molecule has 1 N–H and O–H groups in total. The molecule has 0 aliphatic carbocycles. The monoisotopic (exact) mass is 316 g/mol. The lowest BCUT2D eigenvalue weighted by molar-refractivity contribution is 1.19. The molecule has 0 heterocycles. The normalized spacial score (nSPS) is 11.7. The van der Waals surface area contributed by atoms with E-state index in [1.807, 2.05) is 59.9 Å². The molecule has 0 aromatic heterocycles. The van der Waals surface area contributed by atoms with E-state index in [0.29, 0.717) is 4.58 Å². The van der Waals surface area contributed by atoms with E-state index in [1.165, 1.54) is 5.56 Å². The summed E-state index contributed by atoms with van der Waals surface area (Å²) in [6.45, 7) is 0. The molecule has 2 aromatic carbocycles. The van der Waals surface area contributed by atoms with E-state index >= 15 is 0 Å². The van der Waals surface area contributed by atoms with Gasteiger partial charge >= 0.3 is 0 Å². The third kappa shape index (κ3) is 5.14. The molecule has 0 saturated heterocycles. The van der Waals surface area contributed by atoms with Gasteiger partial charge in [-0.05, 0) is 30.2 Å². The highest BCUT2D eigenvalue weighted by atomic mass is 32.2. The van der Waals surface area contributed by atoms with Crippen LogP contribution in [0.4, 0.5) is 5.69 Å². The predicted octanol–water partition coefficient (Wildman–Crippen LogP) is 4.95. The number of nitrogens with one attached hydrogen (secondary N) is 1. The zero-order valence-electron chi connectivity index (χ0n) is 12.3. The minimum atomic E-state index is 0.515. The molecule has 21 heavy (non-hydrogen) atoms. The van der Waals surface area contributed by atoms with Gasteiger partial charge in [0.1, 0.15) is 0 Å². The molecule has 0 spiro atoms. The number of para-hydroxylation sites is 1. The third-order valence-electron chi connectivity index (χ3n) is 3.09. The zero-order valence-corrected chi connectivity index (χ0v) is 14.0. The molecule has 0 unspecified atom stereocenters. The summed E-state index contributed by atoms with van der Waals surface area (Å²) in [7, 11) is 0. The van der Waals surface area contributed by atoms with Crippen molar-refractivity contribution in [3.63, 3.8) is 0 Å². The van der Waals surface area contributed by atoms with Crippen molar-refractivity contribution in [3.05, 3.63) is 66.2 Å². The van der Waals surface area contributed by atoms with Gasteiger partial charge in [-0.1, -0.05) is 48.5 Å². The molecule has 0 atom stereocenters. The largest absolute Gasteiger partial charge is 0.278 e. The number of thioether (sulfide) groups is 2. The van der Waals surface area contributed by atoms with Crippen LogP contribution in [0.25, 0.3) is 0 Å². The van der Waals surface area contributed by atoms with Crippen LogP contribution >= 0.6 is 23.5 Å². The number of hydrogen-bond acceptors (Lipinski definition) is 4. The summed E-state index contributed by atoms with van der Waals surface area (Å²) in [5, 5.41) is 4.64. The zero-order chi connectivity index (χ0) is 14.9. The molecule has 0 aliphatic rings. The van der Waals surface area contributed by atoms with Crippen LogP contribution in [0.1, 0.15) is 12.0 Å². The van der Waals surface area contributed by atoms with Crippen molar-refractivity contribution in [1.82, 2.24) is 0 Å². The summed E-state index contributed by atoms with van der Waals surface area (Å²) in [5.41, 5.74) is 6.44. The smallest absolute Gasteiger partial charge is 0.0698 e. The second-order valence-electron chi connectivity index (χ2n) is 4.51. The summed E-state index contributed by atoms with van der Waals surface area (Å²) in [4.78, 5) is 0. The van der Waals surface area contributed by atoms with Crippen LogP contribution in [-0.2, 0) is 0 Å². The second-order valence-corrected chi connectivity index (χ2v) is 6.89. The average Bonchev–Trinajstić information content (AvgIpc) is 2.57. The summed E-state index contributed by atoms with van der Waals surface area (Å²) >= 11 is 3.74. The molecule has 2 rings (SSSR count). The van der Waals surface area contributed by atoms with Crippen molar-refractivity contribution in [2.45, 2.75) is 11.0 Å². The Labute approximate surface area is 135 Å². The van der Waals surface area contributed by atoms with Gasteiger partial charge in [0, 0.05) is 6.42 Å². The van der Waals surface area contributed by atoms with E-state index in [2.05, 4.69) is 47.3 Å². The van der Waals surface area contributed by atoms with Gasteiger partial charge in [0.2, 0.25) is 0 Å². The average molecular weight is 316 g/mol. The summed E-state index contributed by atoms with van der Waals surface area (Å²) < 4.78 is 0.515. The van der Waals surface area contributed by atoms with E-state index in [4.69, 9.17) is 0 Å². The molecule has 0 amide bonds. The van der Waals surface area contributed by atoms with Crippen LogP contribution in [-0.4, -0.2) is 22.8 Å². The van der Waals surface area contributed by atoms with Crippen LogP contribution in [0.3, 0.4) is 0 Å². The van der Waals surface area contributed by atoms with Gasteiger partial charge < -0.3 is 0 Å². The van der Waals surface area contributed by atoms with E-state index in [0.717, 1.165) is 17.8 Å². The van der Waals surface area contributed by atoms with Gasteiger partial charge in [-0.25, -0.2) is 0 Å². The summed E-state index contributed by atoms with van der Waals surface area (Å²) in [6, 6.07) is 20.4. The van der Waals surface area contributed by atoms with Gasteiger partial charge in [-0.3, -0.25) is 5.43 Å². The Bertz CT molecular complexity index is 552. The predicted molar refractivity (Wildman–Crippen MR) is 98.5 cm³/mol. The van der Waals surface area contributed by atoms with Crippen molar-refractivity contribution in [3.8, 4) is 0 Å². The van der Waals surface area contributed by atoms with Gasteiger partial charge in [0.25, 0.3) is 0 Å². The molecule has 4 heteroatoms. The Morgan fingerprint density at radius 3 is 2.10 bits per heavy atom. The van der Waals surface area contributed by atoms with Crippen LogP contribution in [0, 0.1) is 0 Å². The Kier molecular flexibility index (Phi) is 6.70. The maximum atomic E-state index is 4.64. The summed E-state index contributed by atoms with van der Waals surface area (Å²) in [6.07, 6.45) is 5.23. The highest BCUT2D eigenvalue weighted by Gasteiger charge is 2.11. The molecule has 110 valence electrons. The van der Waals surface area contributed by atoms with Crippen molar-refractivity contribution < 1.29 is 0 Å². The number of benzene rings is 2. The van der Waals surface area contributed by atoms with Gasteiger partial charge in [-0.15, -0.1) is 0 Å². The third-order valence-corrected chi connectivity index (χ3v) is 5.63. The molecule has 0 radical (unpaired) electrons. The fraction of sp³-hybridized carbons (Fsp3) is 0.235. The van der Waals surface area contributed by atoms with Gasteiger partial charge in [-0.2, -0.15) is 28.6 Å². The van der Waals surface area contributed by atoms with Crippen LogP contribution in [0.5, 0.6) is 0 Å². The topological polar surface area (TPSA) is 24.4 Å². The lowest BCUT2D eigenvalue weighted by Crippen LogP contribution is -2.10. The quantitative estimate of drug-likeness (QED) is 0.444. The molecule has 2 aromatic rings. The fourth-order valence-electron chi connectivity index (χ4n) is 1.92. The Hall–Kier alpha value is -1.39. The summed E-state index contributed by atoms with van der Waals surface area (Å²) in [5.74, 6) is 0. The van der Waals surface area contributed by atoms with Crippen LogP contribution in [0.15, 0.2) is 65.8 Å².